The lowest BCUT2D eigenvalue weighted by atomic mass is 9.98. The van der Waals surface area contributed by atoms with Crippen LogP contribution in [-0.2, 0) is 15.6 Å². The Hall–Kier alpha value is -0.420. The second kappa shape index (κ2) is 5.07. The molecule has 4 nitrogen and oxygen atoms in total. The summed E-state index contributed by atoms with van der Waals surface area (Å²) in [6.45, 7) is 3.64. The van der Waals surface area contributed by atoms with E-state index in [0.29, 0.717) is 17.9 Å². The highest BCUT2D eigenvalue weighted by molar-refractivity contribution is 7.85. The van der Waals surface area contributed by atoms with Gasteiger partial charge in [-0.15, -0.1) is 0 Å². The van der Waals surface area contributed by atoms with Gasteiger partial charge in [-0.25, -0.2) is 0 Å². The van der Waals surface area contributed by atoms with Crippen molar-refractivity contribution in [1.29, 1.82) is 0 Å². The van der Waals surface area contributed by atoms with E-state index in [2.05, 4.69) is 5.32 Å². The molecule has 0 spiro atoms. The quantitative estimate of drug-likeness (QED) is 0.727. The van der Waals surface area contributed by atoms with Gasteiger partial charge in [0.2, 0.25) is 5.91 Å². The SMILES string of the molecule is CCC(C)(N)C(=O)NC1CCS(=O)CC1. The number of nitrogens with two attached hydrogens (primary N) is 1. The van der Waals surface area contributed by atoms with Gasteiger partial charge in [-0.3, -0.25) is 9.00 Å². The average molecular weight is 232 g/mol. The Bertz CT molecular complexity index is 256. The van der Waals surface area contributed by atoms with Crippen LogP contribution in [0.5, 0.6) is 0 Å². The van der Waals surface area contributed by atoms with Gasteiger partial charge in [0.25, 0.3) is 0 Å². The standard InChI is InChI=1S/C10H20N2O2S/c1-3-10(2,11)9(13)12-8-4-6-15(14)7-5-8/h8H,3-7,11H2,1-2H3,(H,12,13). The monoisotopic (exact) mass is 232 g/mol. The van der Waals surface area contributed by atoms with Crippen molar-refractivity contribution in [2.24, 2.45) is 5.73 Å². The van der Waals surface area contributed by atoms with Crippen molar-refractivity contribution in [1.82, 2.24) is 5.32 Å². The molecule has 1 aliphatic heterocycles. The van der Waals surface area contributed by atoms with Crippen molar-refractivity contribution in [2.75, 3.05) is 11.5 Å². The lowest BCUT2D eigenvalue weighted by molar-refractivity contribution is -0.126. The van der Waals surface area contributed by atoms with Gasteiger partial charge in [0.1, 0.15) is 0 Å². The molecular formula is C10H20N2O2S. The Kier molecular flexibility index (Phi) is 4.28. The number of carbonyl (C=O) groups is 1. The van der Waals surface area contributed by atoms with Crippen molar-refractivity contribution >= 4 is 16.7 Å². The van der Waals surface area contributed by atoms with Crippen molar-refractivity contribution < 1.29 is 9.00 Å². The second-order valence-electron chi connectivity index (χ2n) is 4.37. The first-order valence-electron chi connectivity index (χ1n) is 5.40. The van der Waals surface area contributed by atoms with E-state index in [1.165, 1.54) is 0 Å². The van der Waals surface area contributed by atoms with Crippen LogP contribution in [0.3, 0.4) is 0 Å². The number of carbonyl (C=O) groups excluding carboxylic acids is 1. The maximum absolute atomic E-state index is 11.7. The minimum absolute atomic E-state index is 0.0947. The van der Waals surface area contributed by atoms with Gasteiger partial charge in [-0.2, -0.15) is 0 Å². The molecule has 1 unspecified atom stereocenters. The van der Waals surface area contributed by atoms with Gasteiger partial charge in [0.05, 0.1) is 5.54 Å². The Morgan fingerprint density at radius 2 is 2.07 bits per heavy atom. The highest BCUT2D eigenvalue weighted by Gasteiger charge is 2.29. The lowest BCUT2D eigenvalue weighted by Gasteiger charge is -2.28. The molecule has 0 aromatic heterocycles. The minimum Gasteiger partial charge on any atom is -0.352 e. The fourth-order valence-corrected chi connectivity index (χ4v) is 2.75. The van der Waals surface area contributed by atoms with Gasteiger partial charge in [0.15, 0.2) is 0 Å². The van der Waals surface area contributed by atoms with Crippen LogP contribution in [-0.4, -0.2) is 33.2 Å². The van der Waals surface area contributed by atoms with Crippen LogP contribution in [0.2, 0.25) is 0 Å². The largest absolute Gasteiger partial charge is 0.352 e. The Morgan fingerprint density at radius 3 is 2.53 bits per heavy atom. The van der Waals surface area contributed by atoms with Crippen molar-refractivity contribution in [3.8, 4) is 0 Å². The summed E-state index contributed by atoms with van der Waals surface area (Å²) in [6, 6.07) is 0.157. The molecule has 1 atom stereocenters. The maximum Gasteiger partial charge on any atom is 0.240 e. The van der Waals surface area contributed by atoms with E-state index < -0.39 is 16.3 Å². The lowest BCUT2D eigenvalue weighted by Crippen LogP contribution is -2.54. The highest BCUT2D eigenvalue weighted by Crippen LogP contribution is 2.11. The summed E-state index contributed by atoms with van der Waals surface area (Å²) in [5, 5.41) is 2.93. The zero-order valence-corrected chi connectivity index (χ0v) is 10.2. The van der Waals surface area contributed by atoms with Crippen molar-refractivity contribution in [3.05, 3.63) is 0 Å². The summed E-state index contributed by atoms with van der Waals surface area (Å²) in [5.74, 6) is 1.29. The van der Waals surface area contributed by atoms with Crippen LogP contribution in [0.1, 0.15) is 33.1 Å². The van der Waals surface area contributed by atoms with E-state index >= 15 is 0 Å². The summed E-state index contributed by atoms with van der Waals surface area (Å²) < 4.78 is 11.1. The van der Waals surface area contributed by atoms with Gasteiger partial charge in [0, 0.05) is 28.3 Å². The van der Waals surface area contributed by atoms with Gasteiger partial charge >= 0.3 is 0 Å². The van der Waals surface area contributed by atoms with E-state index in [0.717, 1.165) is 12.8 Å². The zero-order valence-electron chi connectivity index (χ0n) is 9.41. The predicted molar refractivity (Wildman–Crippen MR) is 61.9 cm³/mol. The molecule has 0 bridgehead atoms. The third-order valence-electron chi connectivity index (χ3n) is 2.98. The smallest absolute Gasteiger partial charge is 0.240 e. The maximum atomic E-state index is 11.7. The van der Waals surface area contributed by atoms with Crippen LogP contribution < -0.4 is 11.1 Å². The molecule has 1 aliphatic rings. The van der Waals surface area contributed by atoms with E-state index in [1.807, 2.05) is 6.92 Å². The second-order valence-corrected chi connectivity index (χ2v) is 6.06. The number of nitrogens with one attached hydrogen (secondary N) is 1. The first-order chi connectivity index (χ1) is 6.95. The molecule has 0 saturated carbocycles. The summed E-state index contributed by atoms with van der Waals surface area (Å²) >= 11 is 0. The fourth-order valence-electron chi connectivity index (χ4n) is 1.45. The van der Waals surface area contributed by atoms with Crippen molar-refractivity contribution in [2.45, 2.75) is 44.7 Å². The van der Waals surface area contributed by atoms with Crippen molar-refractivity contribution in [3.63, 3.8) is 0 Å². The highest BCUT2D eigenvalue weighted by atomic mass is 32.2. The molecule has 88 valence electrons. The first-order valence-corrected chi connectivity index (χ1v) is 6.89. The molecule has 1 fully saturated rings. The van der Waals surface area contributed by atoms with Gasteiger partial charge < -0.3 is 11.1 Å². The number of hydrogen-bond donors (Lipinski definition) is 2. The molecular weight excluding hydrogens is 212 g/mol. The molecule has 1 heterocycles. The molecule has 0 radical (unpaired) electrons. The van der Waals surface area contributed by atoms with Crippen LogP contribution in [0.4, 0.5) is 0 Å². The topological polar surface area (TPSA) is 72.2 Å². The fraction of sp³-hybridized carbons (Fsp3) is 0.900. The Balaban J connectivity index is 2.42. The predicted octanol–water partition coefficient (Wildman–Crippen LogP) is 0.141. The molecule has 0 aliphatic carbocycles. The molecule has 15 heavy (non-hydrogen) atoms. The van der Waals surface area contributed by atoms with Crippen LogP contribution in [0.15, 0.2) is 0 Å². The average Bonchev–Trinajstić information content (AvgIpc) is 2.21. The van der Waals surface area contributed by atoms with E-state index in [1.54, 1.807) is 6.92 Å². The van der Waals surface area contributed by atoms with E-state index in [4.69, 9.17) is 5.73 Å². The molecule has 5 heteroatoms. The normalized spacial score (nSPS) is 30.6. The van der Waals surface area contributed by atoms with Crippen LogP contribution in [0.25, 0.3) is 0 Å². The molecule has 1 amide bonds. The number of rotatable bonds is 3. The van der Waals surface area contributed by atoms with E-state index in [-0.39, 0.29) is 11.9 Å². The summed E-state index contributed by atoms with van der Waals surface area (Å²) in [6.07, 6.45) is 2.23. The van der Waals surface area contributed by atoms with Crippen LogP contribution in [0, 0.1) is 0 Å². The molecule has 3 N–H and O–H groups in total. The number of amides is 1. The summed E-state index contributed by atoms with van der Waals surface area (Å²) in [7, 11) is -0.681. The van der Waals surface area contributed by atoms with Gasteiger partial charge in [-0.1, -0.05) is 6.92 Å². The number of hydrogen-bond acceptors (Lipinski definition) is 3. The molecule has 1 saturated heterocycles. The molecule has 0 aromatic rings. The molecule has 1 rings (SSSR count). The minimum atomic E-state index is -0.781. The zero-order chi connectivity index (χ0) is 11.5. The summed E-state index contributed by atoms with van der Waals surface area (Å²) in [4.78, 5) is 11.7. The Morgan fingerprint density at radius 1 is 1.53 bits per heavy atom. The third-order valence-corrected chi connectivity index (χ3v) is 4.36. The van der Waals surface area contributed by atoms with E-state index in [9.17, 15) is 9.00 Å². The summed E-state index contributed by atoms with van der Waals surface area (Å²) in [5.41, 5.74) is 5.05. The van der Waals surface area contributed by atoms with Gasteiger partial charge in [-0.05, 0) is 26.2 Å². The Labute approximate surface area is 93.4 Å². The third kappa shape index (κ3) is 3.57. The molecule has 0 aromatic carbocycles. The van der Waals surface area contributed by atoms with Crippen LogP contribution >= 0.6 is 0 Å². The first kappa shape index (κ1) is 12.6.